The SMILES string of the molecule is CC(OC(=O)N1CCC2(CC1)CN(Cc1ccc(Cl)cc1N1CCC(C(=O)O)CC1)C2)C(F)(F)F. The number of anilines is 1. The molecule has 3 aliphatic heterocycles. The minimum atomic E-state index is -4.56. The molecule has 35 heavy (non-hydrogen) atoms. The van der Waals surface area contributed by atoms with Crippen LogP contribution in [0.2, 0.25) is 5.02 Å². The number of ether oxygens (including phenoxy) is 1. The molecule has 11 heteroatoms. The van der Waals surface area contributed by atoms with Gasteiger partial charge in [0.1, 0.15) is 0 Å². The maximum absolute atomic E-state index is 12.7. The quantitative estimate of drug-likeness (QED) is 0.614. The number of piperidine rings is 2. The van der Waals surface area contributed by atoms with E-state index >= 15 is 0 Å². The van der Waals surface area contributed by atoms with Crippen molar-refractivity contribution in [3.8, 4) is 0 Å². The van der Waals surface area contributed by atoms with E-state index in [1.165, 1.54) is 4.90 Å². The Morgan fingerprint density at radius 3 is 2.37 bits per heavy atom. The monoisotopic (exact) mass is 517 g/mol. The summed E-state index contributed by atoms with van der Waals surface area (Å²) < 4.78 is 42.6. The summed E-state index contributed by atoms with van der Waals surface area (Å²) in [5.41, 5.74) is 2.25. The molecule has 3 aliphatic rings. The first-order valence-electron chi connectivity index (χ1n) is 12.0. The topological polar surface area (TPSA) is 73.3 Å². The minimum absolute atomic E-state index is 0.0683. The number of halogens is 4. The van der Waals surface area contributed by atoms with E-state index in [9.17, 15) is 27.9 Å². The van der Waals surface area contributed by atoms with Crippen LogP contribution in [0.25, 0.3) is 0 Å². The second-order valence-electron chi connectivity index (χ2n) is 10.1. The second-order valence-corrected chi connectivity index (χ2v) is 10.5. The van der Waals surface area contributed by atoms with Gasteiger partial charge in [-0.3, -0.25) is 9.69 Å². The van der Waals surface area contributed by atoms with Crippen LogP contribution in [0.15, 0.2) is 18.2 Å². The van der Waals surface area contributed by atoms with Crippen molar-refractivity contribution >= 4 is 29.4 Å². The Bertz CT molecular complexity index is 936. The number of aliphatic carboxylic acids is 1. The molecular weight excluding hydrogens is 487 g/mol. The molecule has 0 aromatic heterocycles. The molecule has 3 fully saturated rings. The van der Waals surface area contributed by atoms with Gasteiger partial charge in [0.05, 0.1) is 5.92 Å². The fourth-order valence-corrected chi connectivity index (χ4v) is 5.53. The third kappa shape index (κ3) is 5.97. The van der Waals surface area contributed by atoms with Gasteiger partial charge in [0.2, 0.25) is 0 Å². The number of rotatable bonds is 5. The van der Waals surface area contributed by atoms with Crippen LogP contribution in [0.3, 0.4) is 0 Å². The van der Waals surface area contributed by atoms with Crippen molar-refractivity contribution in [2.45, 2.75) is 51.4 Å². The van der Waals surface area contributed by atoms with Gasteiger partial charge < -0.3 is 19.6 Å². The summed E-state index contributed by atoms with van der Waals surface area (Å²) >= 11 is 6.27. The molecule has 194 valence electrons. The number of hydrogen-bond acceptors (Lipinski definition) is 5. The summed E-state index contributed by atoms with van der Waals surface area (Å²) in [6.07, 6.45) is -4.91. The van der Waals surface area contributed by atoms with E-state index in [4.69, 9.17) is 11.6 Å². The Kier molecular flexibility index (Phi) is 7.43. The lowest BCUT2D eigenvalue weighted by Crippen LogP contribution is -2.60. The molecule has 0 aliphatic carbocycles. The smallest absolute Gasteiger partial charge is 0.425 e. The van der Waals surface area contributed by atoms with Gasteiger partial charge in [-0.1, -0.05) is 17.7 Å². The highest BCUT2D eigenvalue weighted by molar-refractivity contribution is 6.30. The number of carbonyl (C=O) groups is 2. The first-order valence-corrected chi connectivity index (χ1v) is 12.3. The number of hydrogen-bond donors (Lipinski definition) is 1. The molecule has 1 N–H and O–H groups in total. The zero-order valence-corrected chi connectivity index (χ0v) is 20.4. The standard InChI is InChI=1S/C24H31ClF3N3O4/c1-16(24(26,27)28)35-22(34)31-10-6-23(7-11-31)14-29(15-23)13-18-2-3-19(25)12-20(18)30-8-4-17(5-9-30)21(32)33/h2-3,12,16-17H,4-11,13-15H2,1H3,(H,32,33). The van der Waals surface area contributed by atoms with Crippen LogP contribution in [-0.4, -0.2) is 78.5 Å². The first kappa shape index (κ1) is 25.9. The van der Waals surface area contributed by atoms with Crippen molar-refractivity contribution in [2.75, 3.05) is 44.2 Å². The van der Waals surface area contributed by atoms with E-state index in [0.29, 0.717) is 44.0 Å². The van der Waals surface area contributed by atoms with Gasteiger partial charge in [-0.2, -0.15) is 13.2 Å². The summed E-state index contributed by atoms with van der Waals surface area (Å²) in [6.45, 7) is 5.43. The number of likely N-dealkylation sites (tertiary alicyclic amines) is 2. The normalized spacial score (nSPS) is 22.1. The maximum atomic E-state index is 12.7. The lowest BCUT2D eigenvalue weighted by Gasteiger charge is -2.54. The minimum Gasteiger partial charge on any atom is -0.481 e. The molecule has 3 heterocycles. The van der Waals surface area contributed by atoms with Crippen LogP contribution in [0, 0.1) is 11.3 Å². The molecule has 1 aromatic rings. The predicted octanol–water partition coefficient (Wildman–Crippen LogP) is 4.63. The van der Waals surface area contributed by atoms with E-state index in [-0.39, 0.29) is 11.3 Å². The molecule has 7 nitrogen and oxygen atoms in total. The number of carboxylic acids is 1. The summed E-state index contributed by atoms with van der Waals surface area (Å²) in [5.74, 6) is -1.04. The highest BCUT2D eigenvalue weighted by Crippen LogP contribution is 2.42. The van der Waals surface area contributed by atoms with Crippen molar-refractivity contribution in [2.24, 2.45) is 11.3 Å². The Balaban J connectivity index is 1.29. The molecular formula is C24H31ClF3N3O4. The molecule has 1 amide bonds. The van der Waals surface area contributed by atoms with Gasteiger partial charge in [0.15, 0.2) is 6.10 Å². The number of carbonyl (C=O) groups excluding carboxylic acids is 1. The Morgan fingerprint density at radius 1 is 1.17 bits per heavy atom. The van der Waals surface area contributed by atoms with Crippen LogP contribution in [-0.2, 0) is 16.1 Å². The van der Waals surface area contributed by atoms with Gasteiger partial charge in [-0.15, -0.1) is 0 Å². The Hall–Kier alpha value is -2.20. The van der Waals surface area contributed by atoms with E-state index in [2.05, 4.69) is 14.5 Å². The van der Waals surface area contributed by atoms with Crippen LogP contribution in [0.1, 0.15) is 38.2 Å². The van der Waals surface area contributed by atoms with Gasteiger partial charge >= 0.3 is 18.2 Å². The number of alkyl halides is 3. The lowest BCUT2D eigenvalue weighted by atomic mass is 9.72. The van der Waals surface area contributed by atoms with E-state index < -0.39 is 24.3 Å². The average molecular weight is 518 g/mol. The van der Waals surface area contributed by atoms with Crippen molar-refractivity contribution < 1.29 is 32.6 Å². The van der Waals surface area contributed by atoms with Gasteiger partial charge in [0.25, 0.3) is 0 Å². The van der Waals surface area contributed by atoms with Crippen molar-refractivity contribution in [1.29, 1.82) is 0 Å². The summed E-state index contributed by atoms with van der Waals surface area (Å²) in [4.78, 5) is 29.3. The summed E-state index contributed by atoms with van der Waals surface area (Å²) in [7, 11) is 0. The third-order valence-electron chi connectivity index (χ3n) is 7.57. The predicted molar refractivity (Wildman–Crippen MR) is 125 cm³/mol. The van der Waals surface area contributed by atoms with Crippen LogP contribution < -0.4 is 4.90 Å². The van der Waals surface area contributed by atoms with E-state index in [1.807, 2.05) is 18.2 Å². The highest BCUT2D eigenvalue weighted by atomic mass is 35.5. The number of nitrogens with zero attached hydrogens (tertiary/aromatic N) is 3. The van der Waals surface area contributed by atoms with E-state index in [1.54, 1.807) is 0 Å². The average Bonchev–Trinajstić information content (AvgIpc) is 2.79. The van der Waals surface area contributed by atoms with Crippen LogP contribution in [0.4, 0.5) is 23.7 Å². The molecule has 1 spiro atoms. The zero-order chi connectivity index (χ0) is 25.4. The largest absolute Gasteiger partial charge is 0.481 e. The molecule has 0 bridgehead atoms. The maximum Gasteiger partial charge on any atom is 0.425 e. The van der Waals surface area contributed by atoms with Crippen LogP contribution in [0.5, 0.6) is 0 Å². The summed E-state index contributed by atoms with van der Waals surface area (Å²) in [5, 5.41) is 9.91. The molecule has 1 unspecified atom stereocenters. The molecule has 4 rings (SSSR count). The van der Waals surface area contributed by atoms with Crippen molar-refractivity contribution in [3.05, 3.63) is 28.8 Å². The molecule has 1 atom stereocenters. The zero-order valence-electron chi connectivity index (χ0n) is 19.7. The van der Waals surface area contributed by atoms with Gasteiger partial charge in [0, 0.05) is 56.5 Å². The Morgan fingerprint density at radius 2 is 1.80 bits per heavy atom. The Labute approximate surface area is 207 Å². The molecule has 0 radical (unpaired) electrons. The molecule has 0 saturated carbocycles. The van der Waals surface area contributed by atoms with Crippen LogP contribution >= 0.6 is 11.6 Å². The third-order valence-corrected chi connectivity index (χ3v) is 7.80. The summed E-state index contributed by atoms with van der Waals surface area (Å²) in [6, 6.07) is 5.83. The van der Waals surface area contributed by atoms with Crippen molar-refractivity contribution in [3.63, 3.8) is 0 Å². The highest BCUT2D eigenvalue weighted by Gasteiger charge is 2.46. The molecule has 1 aromatic carbocycles. The van der Waals surface area contributed by atoms with Crippen molar-refractivity contribution in [1.82, 2.24) is 9.80 Å². The van der Waals surface area contributed by atoms with Gasteiger partial charge in [-0.05, 0) is 55.7 Å². The number of carboxylic acid groups (broad SMARTS) is 1. The van der Waals surface area contributed by atoms with E-state index in [0.717, 1.165) is 50.7 Å². The number of benzene rings is 1. The first-order chi connectivity index (χ1) is 16.5. The fraction of sp³-hybridized carbons (Fsp3) is 0.667. The second kappa shape index (κ2) is 10.0. The number of amides is 1. The molecule has 3 saturated heterocycles. The fourth-order valence-electron chi connectivity index (χ4n) is 5.36. The van der Waals surface area contributed by atoms with Gasteiger partial charge in [-0.25, -0.2) is 4.79 Å². The lowest BCUT2D eigenvalue weighted by molar-refractivity contribution is -0.200.